The van der Waals surface area contributed by atoms with Gasteiger partial charge in [0.1, 0.15) is 15.9 Å². The molecule has 0 radical (unpaired) electrons. The fraction of sp³-hybridized carbons (Fsp3) is 0.409. The molecule has 2 heterocycles. The minimum absolute atomic E-state index is 0.0611. The van der Waals surface area contributed by atoms with Gasteiger partial charge in [0, 0.05) is 50.5 Å². The van der Waals surface area contributed by atoms with Crippen molar-refractivity contribution in [3.63, 3.8) is 0 Å². The quantitative estimate of drug-likeness (QED) is 0.430. The van der Waals surface area contributed by atoms with Crippen LogP contribution in [-0.4, -0.2) is 85.1 Å². The highest BCUT2D eigenvalue weighted by Gasteiger charge is 2.26. The Labute approximate surface area is 208 Å². The predicted octanol–water partition coefficient (Wildman–Crippen LogP) is 2.29. The third-order valence-electron chi connectivity index (χ3n) is 5.82. The molecule has 1 aliphatic rings. The van der Waals surface area contributed by atoms with Gasteiger partial charge in [-0.3, -0.25) is 9.69 Å². The van der Waals surface area contributed by atoms with Crippen LogP contribution in [0.25, 0.3) is 11.0 Å². The second-order valence-corrected chi connectivity index (χ2v) is 11.1. The molecule has 3 aromatic rings. The molecule has 2 aromatic carbocycles. The van der Waals surface area contributed by atoms with E-state index < -0.39 is 10.0 Å². The van der Waals surface area contributed by atoms with Crippen LogP contribution in [-0.2, 0) is 14.8 Å². The number of carbonyl (C=O) groups excluding carboxylic acids is 1. The Balaban J connectivity index is 1.19. The van der Waals surface area contributed by atoms with Crippen LogP contribution in [0.4, 0.5) is 5.69 Å². The molecular weight excluding hydrogens is 496 g/mol. The lowest BCUT2D eigenvalue weighted by molar-refractivity contribution is -0.121. The van der Waals surface area contributed by atoms with Crippen molar-refractivity contribution in [1.29, 1.82) is 0 Å². The first-order valence-electron chi connectivity index (χ1n) is 11.0. The average Bonchev–Trinajstić information content (AvgIpc) is 3.31. The fourth-order valence-corrected chi connectivity index (χ4v) is 5.99. The maximum Gasteiger partial charge on any atom is 0.245 e. The van der Waals surface area contributed by atoms with E-state index in [0.29, 0.717) is 17.6 Å². The number of sulfonamides is 1. The molecule has 1 N–H and O–H groups in total. The first-order valence-corrected chi connectivity index (χ1v) is 13.6. The molecule has 0 bridgehead atoms. The summed E-state index contributed by atoms with van der Waals surface area (Å²) < 4.78 is 35.1. The number of likely N-dealkylation sites (N-methyl/N-ethyl adjacent to an activating group) is 1. The summed E-state index contributed by atoms with van der Waals surface area (Å²) >= 11 is 7.06. The molecule has 0 saturated carbocycles. The average molecular weight is 523 g/mol. The molecule has 1 aliphatic heterocycles. The molecule has 0 spiro atoms. The van der Waals surface area contributed by atoms with Gasteiger partial charge in [-0.05, 0) is 43.3 Å². The molecule has 34 heavy (non-hydrogen) atoms. The molecule has 1 amide bonds. The van der Waals surface area contributed by atoms with Gasteiger partial charge in [-0.25, -0.2) is 8.42 Å². The Morgan fingerprint density at radius 3 is 2.68 bits per heavy atom. The van der Waals surface area contributed by atoms with Crippen molar-refractivity contribution < 1.29 is 13.2 Å². The summed E-state index contributed by atoms with van der Waals surface area (Å²) in [5, 5.41) is 3.57. The van der Waals surface area contributed by atoms with Crippen molar-refractivity contribution in [2.24, 2.45) is 0 Å². The topological polar surface area (TPSA) is 98.7 Å². The van der Waals surface area contributed by atoms with Gasteiger partial charge in [0.25, 0.3) is 0 Å². The molecule has 4 rings (SSSR count). The van der Waals surface area contributed by atoms with Gasteiger partial charge in [-0.15, -0.1) is 0 Å². The molecule has 0 aliphatic carbocycles. The number of hydrogen-bond acceptors (Lipinski definition) is 8. The largest absolute Gasteiger partial charge is 0.369 e. The molecule has 1 aromatic heterocycles. The number of nitrogens with zero attached hydrogens (tertiary/aromatic N) is 5. The van der Waals surface area contributed by atoms with Crippen LogP contribution >= 0.6 is 23.3 Å². The lowest BCUT2D eigenvalue weighted by Crippen LogP contribution is -2.47. The van der Waals surface area contributed by atoms with E-state index in [0.717, 1.165) is 65.9 Å². The van der Waals surface area contributed by atoms with Gasteiger partial charge in [0.05, 0.1) is 18.3 Å². The molecule has 0 unspecified atom stereocenters. The summed E-state index contributed by atoms with van der Waals surface area (Å²) in [7, 11) is -2.46. The normalized spacial score (nSPS) is 15.2. The van der Waals surface area contributed by atoms with E-state index >= 15 is 0 Å². The van der Waals surface area contributed by atoms with E-state index in [1.54, 1.807) is 12.1 Å². The van der Waals surface area contributed by atoms with E-state index in [1.165, 1.54) is 13.1 Å². The molecule has 9 nitrogen and oxygen atoms in total. The Bertz CT molecular complexity index is 1240. The summed E-state index contributed by atoms with van der Waals surface area (Å²) in [6.07, 6.45) is 0.795. The Hall–Kier alpha value is -2.31. The summed E-state index contributed by atoms with van der Waals surface area (Å²) in [5.74, 6) is -0.333. The molecule has 182 valence electrons. The van der Waals surface area contributed by atoms with Crippen LogP contribution in [0.15, 0.2) is 47.4 Å². The number of rotatable bonds is 9. The minimum Gasteiger partial charge on any atom is -0.369 e. The van der Waals surface area contributed by atoms with Gasteiger partial charge in [-0.1, -0.05) is 23.7 Å². The van der Waals surface area contributed by atoms with Gasteiger partial charge >= 0.3 is 0 Å². The van der Waals surface area contributed by atoms with Crippen LogP contribution in [0.1, 0.15) is 6.42 Å². The number of fused-ring (bicyclic) bond motifs is 1. The highest BCUT2D eigenvalue weighted by atomic mass is 35.5. The molecular formula is C22H27ClN6O3S2. The number of halogens is 1. The maximum absolute atomic E-state index is 12.9. The van der Waals surface area contributed by atoms with Crippen molar-refractivity contribution in [3.8, 4) is 0 Å². The lowest BCUT2D eigenvalue weighted by atomic mass is 10.2. The SMILES string of the molecule is CN(CC(=O)NCCCN1CCN(c2cccc(Cl)c2)CC1)S(=O)(=O)c1cccc2nsnc12. The number of carbonyl (C=O) groups is 1. The van der Waals surface area contributed by atoms with Crippen molar-refractivity contribution in [3.05, 3.63) is 47.5 Å². The summed E-state index contributed by atoms with van der Waals surface area (Å²) in [6, 6.07) is 12.7. The Morgan fingerprint density at radius 2 is 1.91 bits per heavy atom. The van der Waals surface area contributed by atoms with E-state index in [-0.39, 0.29) is 17.3 Å². The van der Waals surface area contributed by atoms with Crippen molar-refractivity contribution in [1.82, 2.24) is 23.3 Å². The Kier molecular flexibility index (Phi) is 7.99. The zero-order valence-corrected chi connectivity index (χ0v) is 21.2. The number of hydrogen-bond donors (Lipinski definition) is 1. The second kappa shape index (κ2) is 11.0. The summed E-state index contributed by atoms with van der Waals surface area (Å²) in [4.78, 5) is 17.1. The summed E-state index contributed by atoms with van der Waals surface area (Å²) in [6.45, 7) is 4.85. The van der Waals surface area contributed by atoms with Crippen LogP contribution in [0.3, 0.4) is 0 Å². The number of benzene rings is 2. The number of nitrogens with one attached hydrogen (secondary N) is 1. The van der Waals surface area contributed by atoms with Crippen molar-refractivity contribution in [2.45, 2.75) is 11.3 Å². The third-order valence-corrected chi connectivity index (χ3v) is 8.44. The van der Waals surface area contributed by atoms with Crippen molar-refractivity contribution >= 4 is 56.0 Å². The van der Waals surface area contributed by atoms with Crippen molar-refractivity contribution in [2.75, 3.05) is 57.8 Å². The lowest BCUT2D eigenvalue weighted by Gasteiger charge is -2.36. The van der Waals surface area contributed by atoms with Crippen LogP contribution in [0.2, 0.25) is 5.02 Å². The fourth-order valence-electron chi connectivity index (χ4n) is 3.93. The van der Waals surface area contributed by atoms with Crippen LogP contribution in [0, 0.1) is 0 Å². The maximum atomic E-state index is 12.9. The molecule has 12 heteroatoms. The minimum atomic E-state index is -3.85. The standard InChI is InChI=1S/C22H27ClN6O3S2/c1-27(34(31,32)20-8-3-7-19-22(20)26-33-25-19)16-21(30)24-9-4-10-28-11-13-29(14-12-28)18-6-2-5-17(23)15-18/h2-3,5-8,15H,4,9-14,16H2,1H3,(H,24,30). The van der Waals surface area contributed by atoms with Gasteiger partial charge in [0.2, 0.25) is 15.9 Å². The zero-order chi connectivity index (χ0) is 24.1. The number of amides is 1. The Morgan fingerprint density at radius 1 is 1.15 bits per heavy atom. The number of piperazine rings is 1. The third kappa shape index (κ3) is 5.84. The van der Waals surface area contributed by atoms with E-state index in [1.807, 2.05) is 18.2 Å². The summed E-state index contributed by atoms with van der Waals surface area (Å²) in [5.41, 5.74) is 1.99. The van der Waals surface area contributed by atoms with E-state index in [2.05, 4.69) is 29.9 Å². The first-order chi connectivity index (χ1) is 16.3. The van der Waals surface area contributed by atoms with Gasteiger partial charge < -0.3 is 10.2 Å². The molecule has 0 atom stereocenters. The first kappa shape index (κ1) is 24.8. The molecule has 1 fully saturated rings. The van der Waals surface area contributed by atoms with Gasteiger partial charge in [-0.2, -0.15) is 13.1 Å². The van der Waals surface area contributed by atoms with E-state index in [9.17, 15) is 13.2 Å². The van der Waals surface area contributed by atoms with E-state index in [4.69, 9.17) is 11.6 Å². The van der Waals surface area contributed by atoms with Gasteiger partial charge in [0.15, 0.2) is 0 Å². The van der Waals surface area contributed by atoms with Crippen LogP contribution in [0.5, 0.6) is 0 Å². The smallest absolute Gasteiger partial charge is 0.245 e. The highest BCUT2D eigenvalue weighted by molar-refractivity contribution is 7.89. The number of anilines is 1. The second-order valence-electron chi connectivity index (χ2n) is 8.16. The molecule has 1 saturated heterocycles. The number of aromatic nitrogens is 2. The zero-order valence-electron chi connectivity index (χ0n) is 18.9. The van der Waals surface area contributed by atoms with Crippen LogP contribution < -0.4 is 10.2 Å². The highest BCUT2D eigenvalue weighted by Crippen LogP contribution is 2.23. The monoisotopic (exact) mass is 522 g/mol. The predicted molar refractivity (Wildman–Crippen MR) is 135 cm³/mol.